The summed E-state index contributed by atoms with van der Waals surface area (Å²) in [7, 11) is 0. The van der Waals surface area contributed by atoms with Crippen LogP contribution in [0, 0.1) is 5.82 Å². The van der Waals surface area contributed by atoms with Crippen LogP contribution in [0.25, 0.3) is 0 Å². The minimum Gasteiger partial charge on any atom is -0.438 e. The summed E-state index contributed by atoms with van der Waals surface area (Å²) in [5, 5.41) is 7.42. The molecule has 9 heteroatoms. The average molecular weight is 516 g/mol. The van der Waals surface area contributed by atoms with E-state index in [-0.39, 0.29) is 12.5 Å². The summed E-state index contributed by atoms with van der Waals surface area (Å²) < 4.78 is 19.1. The van der Waals surface area contributed by atoms with Crippen LogP contribution in [-0.2, 0) is 16.1 Å². The molecular formula is C28H22FN3O4S. The molecule has 37 heavy (non-hydrogen) atoms. The molecular weight excluding hydrogens is 493 g/mol. The Labute approximate surface area is 216 Å². The van der Waals surface area contributed by atoms with Crippen LogP contribution in [0.1, 0.15) is 26.9 Å². The molecule has 0 spiro atoms. The van der Waals surface area contributed by atoms with Gasteiger partial charge >= 0.3 is 6.09 Å². The highest BCUT2D eigenvalue weighted by molar-refractivity contribution is 7.12. The van der Waals surface area contributed by atoms with E-state index in [1.165, 1.54) is 40.5 Å². The van der Waals surface area contributed by atoms with Crippen LogP contribution in [0.4, 0.5) is 20.6 Å². The second kappa shape index (κ2) is 10.6. The smallest absolute Gasteiger partial charge is 0.411 e. The maximum absolute atomic E-state index is 13.5. The lowest BCUT2D eigenvalue weighted by Crippen LogP contribution is -2.43. The lowest BCUT2D eigenvalue weighted by molar-refractivity contribution is -0.121. The number of hydrogen-bond donors (Lipinski definition) is 2. The molecule has 3 aromatic carbocycles. The van der Waals surface area contributed by atoms with E-state index in [0.29, 0.717) is 21.8 Å². The van der Waals surface area contributed by atoms with E-state index in [4.69, 9.17) is 4.74 Å². The Morgan fingerprint density at radius 1 is 0.892 bits per heavy atom. The Kier molecular flexibility index (Phi) is 6.96. The number of anilines is 2. The van der Waals surface area contributed by atoms with Crippen molar-refractivity contribution in [3.63, 3.8) is 0 Å². The highest BCUT2D eigenvalue weighted by Gasteiger charge is 2.47. The Bertz CT molecular complexity index is 1410. The van der Waals surface area contributed by atoms with Crippen LogP contribution in [0.15, 0.2) is 96.4 Å². The van der Waals surface area contributed by atoms with E-state index in [2.05, 4.69) is 10.6 Å². The molecule has 5 rings (SSSR count). The largest absolute Gasteiger partial charge is 0.438 e. The maximum Gasteiger partial charge on any atom is 0.411 e. The molecule has 4 aromatic rings. The van der Waals surface area contributed by atoms with Crippen molar-refractivity contribution in [3.05, 3.63) is 118 Å². The summed E-state index contributed by atoms with van der Waals surface area (Å²) >= 11 is 1.32. The van der Waals surface area contributed by atoms with Gasteiger partial charge in [0.15, 0.2) is 12.1 Å². The van der Waals surface area contributed by atoms with Gasteiger partial charge in [-0.2, -0.15) is 0 Å². The summed E-state index contributed by atoms with van der Waals surface area (Å²) in [6.45, 7) is 0.159. The van der Waals surface area contributed by atoms with Gasteiger partial charge in [0, 0.05) is 11.4 Å². The summed E-state index contributed by atoms with van der Waals surface area (Å²) in [5.74, 6) is -1.17. The molecule has 3 amide bonds. The van der Waals surface area contributed by atoms with Gasteiger partial charge in [0.25, 0.3) is 11.8 Å². The van der Waals surface area contributed by atoms with Crippen LogP contribution in [0.5, 0.6) is 0 Å². The number of amides is 3. The average Bonchev–Trinajstić information content (AvgIpc) is 3.55. The lowest BCUT2D eigenvalue weighted by atomic mass is 10.00. The summed E-state index contributed by atoms with van der Waals surface area (Å²) in [6.07, 6.45) is -1.57. The van der Waals surface area contributed by atoms with Crippen LogP contribution < -0.4 is 10.6 Å². The van der Waals surface area contributed by atoms with Gasteiger partial charge in [-0.15, -0.1) is 11.3 Å². The van der Waals surface area contributed by atoms with Gasteiger partial charge in [-0.05, 0) is 59.0 Å². The zero-order chi connectivity index (χ0) is 25.8. The minimum atomic E-state index is -1.01. The molecule has 2 heterocycles. The summed E-state index contributed by atoms with van der Waals surface area (Å²) in [6, 6.07) is 24.0. The van der Waals surface area contributed by atoms with E-state index in [9.17, 15) is 18.8 Å². The number of hydrogen-bond acceptors (Lipinski definition) is 5. The predicted octanol–water partition coefficient (Wildman–Crippen LogP) is 5.84. The monoisotopic (exact) mass is 515 g/mol. The van der Waals surface area contributed by atoms with Gasteiger partial charge in [0.05, 0.1) is 11.4 Å². The fourth-order valence-electron chi connectivity index (χ4n) is 4.13. The normalized spacial score (nSPS) is 16.8. The number of carbonyl (C=O) groups excluding carboxylic acids is 3. The van der Waals surface area contributed by atoms with Crippen molar-refractivity contribution in [2.45, 2.75) is 18.7 Å². The molecule has 0 bridgehead atoms. The van der Waals surface area contributed by atoms with Crippen molar-refractivity contribution in [2.75, 3.05) is 10.6 Å². The molecule has 1 aliphatic rings. The number of nitrogens with one attached hydrogen (secondary N) is 2. The number of cyclic esters (lactones) is 1. The Hall–Kier alpha value is -4.50. The van der Waals surface area contributed by atoms with Crippen LogP contribution >= 0.6 is 11.3 Å². The molecule has 0 radical (unpaired) electrons. The highest BCUT2D eigenvalue weighted by atomic mass is 32.1. The third-order valence-corrected chi connectivity index (χ3v) is 6.75. The third-order valence-electron chi connectivity index (χ3n) is 5.88. The number of carbonyl (C=O) groups is 3. The molecule has 1 aromatic heterocycles. The quantitative estimate of drug-likeness (QED) is 0.324. The number of benzene rings is 3. The molecule has 0 unspecified atom stereocenters. The molecule has 1 fully saturated rings. The molecule has 186 valence electrons. The molecule has 7 nitrogen and oxygen atoms in total. The van der Waals surface area contributed by atoms with Gasteiger partial charge in [-0.3, -0.25) is 14.5 Å². The second-order valence-corrected chi connectivity index (χ2v) is 9.36. The van der Waals surface area contributed by atoms with E-state index in [1.54, 1.807) is 36.4 Å². The van der Waals surface area contributed by atoms with E-state index >= 15 is 0 Å². The van der Waals surface area contributed by atoms with E-state index in [1.807, 2.05) is 35.7 Å². The van der Waals surface area contributed by atoms with Crippen molar-refractivity contribution in [1.82, 2.24) is 4.90 Å². The maximum atomic E-state index is 13.5. The molecule has 2 N–H and O–H groups in total. The Morgan fingerprint density at radius 3 is 2.41 bits per heavy atom. The fraction of sp³-hybridized carbons (Fsp3) is 0.107. The summed E-state index contributed by atoms with van der Waals surface area (Å²) in [5.41, 5.74) is 2.27. The fourth-order valence-corrected chi connectivity index (χ4v) is 4.75. The standard InChI is InChI=1S/C28H22FN3O4S/c29-20-11-13-21(14-12-20)30-27(34)24-25(36-28(35)32(24)17-18-6-2-1-3-7-18)19-8-4-9-22(16-19)31-26(33)23-10-5-15-37-23/h1-16,24-25H,17H2,(H,30,34)(H,31,33)/t24-,25-/m0/s1. The third kappa shape index (κ3) is 5.52. The lowest BCUT2D eigenvalue weighted by Gasteiger charge is -2.24. The first-order valence-electron chi connectivity index (χ1n) is 11.5. The van der Waals surface area contributed by atoms with Gasteiger partial charge in [-0.25, -0.2) is 9.18 Å². The molecule has 0 saturated carbocycles. The highest BCUT2D eigenvalue weighted by Crippen LogP contribution is 2.35. The Balaban J connectivity index is 1.44. The van der Waals surface area contributed by atoms with Gasteiger partial charge in [0.2, 0.25) is 0 Å². The van der Waals surface area contributed by atoms with Crippen LogP contribution in [-0.4, -0.2) is 28.8 Å². The number of thiophene rings is 1. The SMILES string of the molecule is O=C(Nc1cccc([C@@H]2OC(=O)N(Cc3ccccc3)[C@@H]2C(=O)Nc2ccc(F)cc2)c1)c1cccs1. The molecule has 0 aliphatic carbocycles. The van der Waals surface area contributed by atoms with E-state index in [0.717, 1.165) is 5.56 Å². The number of ether oxygens (including phenoxy) is 1. The predicted molar refractivity (Wildman–Crippen MR) is 139 cm³/mol. The van der Waals surface area contributed by atoms with Crippen LogP contribution in [0.2, 0.25) is 0 Å². The first kappa shape index (κ1) is 24.2. The van der Waals surface area contributed by atoms with Crippen molar-refractivity contribution in [3.8, 4) is 0 Å². The van der Waals surface area contributed by atoms with Gasteiger partial charge in [-0.1, -0.05) is 48.5 Å². The van der Waals surface area contributed by atoms with E-state index < -0.39 is 30.0 Å². The van der Waals surface area contributed by atoms with Crippen LogP contribution in [0.3, 0.4) is 0 Å². The minimum absolute atomic E-state index is 0.159. The molecule has 1 saturated heterocycles. The second-order valence-electron chi connectivity index (χ2n) is 8.42. The Morgan fingerprint density at radius 2 is 1.68 bits per heavy atom. The number of rotatable bonds is 7. The van der Waals surface area contributed by atoms with Gasteiger partial charge < -0.3 is 15.4 Å². The van der Waals surface area contributed by atoms with Gasteiger partial charge in [0.1, 0.15) is 5.82 Å². The van der Waals surface area contributed by atoms with Crippen molar-refractivity contribution < 1.29 is 23.5 Å². The van der Waals surface area contributed by atoms with Crippen molar-refractivity contribution in [1.29, 1.82) is 0 Å². The van der Waals surface area contributed by atoms with Crippen molar-refractivity contribution in [2.24, 2.45) is 0 Å². The zero-order valence-corrected chi connectivity index (χ0v) is 20.3. The number of nitrogens with zero attached hydrogens (tertiary/aromatic N) is 1. The molecule has 2 atom stereocenters. The first-order chi connectivity index (χ1) is 18.0. The first-order valence-corrected chi connectivity index (χ1v) is 12.4. The van der Waals surface area contributed by atoms with Crippen molar-refractivity contribution >= 4 is 40.6 Å². The zero-order valence-electron chi connectivity index (χ0n) is 19.5. The summed E-state index contributed by atoms with van der Waals surface area (Å²) in [4.78, 5) is 41.0. The topological polar surface area (TPSA) is 87.7 Å². The molecule has 1 aliphatic heterocycles. The number of halogens is 1.